The van der Waals surface area contributed by atoms with Crippen LogP contribution < -0.4 is 15.5 Å². The van der Waals surface area contributed by atoms with Gasteiger partial charge in [-0.15, -0.1) is 0 Å². The summed E-state index contributed by atoms with van der Waals surface area (Å²) in [5.74, 6) is -0.0105. The Kier molecular flexibility index (Phi) is 5.82. The number of benzene rings is 3. The molecule has 0 radical (unpaired) electrons. The summed E-state index contributed by atoms with van der Waals surface area (Å²) in [7, 11) is 0. The van der Waals surface area contributed by atoms with E-state index < -0.39 is 0 Å². The lowest BCUT2D eigenvalue weighted by atomic mass is 10.1. The highest BCUT2D eigenvalue weighted by molar-refractivity contribution is 5.93. The molecule has 3 aromatic carbocycles. The highest BCUT2D eigenvalue weighted by Gasteiger charge is 2.19. The lowest BCUT2D eigenvalue weighted by Crippen LogP contribution is -2.23. The third-order valence-electron chi connectivity index (χ3n) is 5.32. The second-order valence-electron chi connectivity index (χ2n) is 8.11. The third-order valence-corrected chi connectivity index (χ3v) is 5.32. The van der Waals surface area contributed by atoms with Crippen LogP contribution >= 0.6 is 0 Å². The number of aryl methyl sites for hydroxylation is 4. The highest BCUT2D eigenvalue weighted by Crippen LogP contribution is 2.31. The molecule has 1 N–H and O–H groups in total. The van der Waals surface area contributed by atoms with Crippen LogP contribution in [0, 0.1) is 27.7 Å². The van der Waals surface area contributed by atoms with Gasteiger partial charge in [0.15, 0.2) is 12.4 Å². The van der Waals surface area contributed by atoms with Crippen LogP contribution in [0.2, 0.25) is 0 Å². The molecule has 0 aliphatic heterocycles. The fraction of sp³-hybridized carbons (Fsp3) is 0.185. The summed E-state index contributed by atoms with van der Waals surface area (Å²) in [6, 6.07) is 18.8. The van der Waals surface area contributed by atoms with Crippen LogP contribution in [-0.4, -0.2) is 12.5 Å². The molecule has 0 aliphatic rings. The van der Waals surface area contributed by atoms with Gasteiger partial charge in [0.05, 0.1) is 5.39 Å². The van der Waals surface area contributed by atoms with Gasteiger partial charge in [0.25, 0.3) is 5.91 Å². The molecule has 162 valence electrons. The van der Waals surface area contributed by atoms with E-state index in [1.165, 1.54) is 0 Å². The summed E-state index contributed by atoms with van der Waals surface area (Å²) >= 11 is 0. The average Bonchev–Trinajstić information content (AvgIpc) is 2.75. The Labute approximate surface area is 186 Å². The van der Waals surface area contributed by atoms with E-state index in [-0.39, 0.29) is 23.7 Å². The maximum Gasteiger partial charge on any atom is 0.262 e. The first-order chi connectivity index (χ1) is 15.3. The lowest BCUT2D eigenvalue weighted by molar-refractivity contribution is -0.118. The van der Waals surface area contributed by atoms with Crippen molar-refractivity contribution in [1.82, 2.24) is 0 Å². The number of carbonyl (C=O) groups is 1. The fourth-order valence-corrected chi connectivity index (χ4v) is 3.59. The molecule has 4 rings (SSSR count). The van der Waals surface area contributed by atoms with Gasteiger partial charge in [-0.2, -0.15) is 0 Å². The van der Waals surface area contributed by atoms with E-state index in [0.29, 0.717) is 28.0 Å². The first kappa shape index (κ1) is 21.4. The summed E-state index contributed by atoms with van der Waals surface area (Å²) in [5, 5.41) is 3.26. The second kappa shape index (κ2) is 8.71. The Morgan fingerprint density at radius 2 is 1.53 bits per heavy atom. The van der Waals surface area contributed by atoms with E-state index in [1.54, 1.807) is 6.07 Å². The van der Waals surface area contributed by atoms with Crippen LogP contribution in [0.25, 0.3) is 22.3 Å². The lowest BCUT2D eigenvalue weighted by Gasteiger charge is -2.13. The summed E-state index contributed by atoms with van der Waals surface area (Å²) in [4.78, 5) is 25.8. The number of amides is 1. The number of ether oxygens (including phenoxy) is 1. The number of rotatable bonds is 5. The van der Waals surface area contributed by atoms with Crippen molar-refractivity contribution in [1.29, 1.82) is 0 Å². The molecular weight excluding hydrogens is 402 g/mol. The normalized spacial score (nSPS) is 10.9. The molecular formula is C27H25NO4. The van der Waals surface area contributed by atoms with Crippen LogP contribution in [0.15, 0.2) is 69.9 Å². The smallest absolute Gasteiger partial charge is 0.262 e. The van der Waals surface area contributed by atoms with Crippen molar-refractivity contribution in [2.45, 2.75) is 27.7 Å². The summed E-state index contributed by atoms with van der Waals surface area (Å²) in [6.07, 6.45) is 0. The molecule has 1 amide bonds. The van der Waals surface area contributed by atoms with Gasteiger partial charge in [0, 0.05) is 11.3 Å². The largest absolute Gasteiger partial charge is 0.476 e. The Bertz CT molecular complexity index is 1370. The molecule has 0 bridgehead atoms. The van der Waals surface area contributed by atoms with Crippen molar-refractivity contribution in [3.63, 3.8) is 0 Å². The van der Waals surface area contributed by atoms with Crippen molar-refractivity contribution in [2.24, 2.45) is 0 Å². The molecule has 0 unspecified atom stereocenters. The number of hydrogen-bond acceptors (Lipinski definition) is 4. The minimum Gasteiger partial charge on any atom is -0.476 e. The van der Waals surface area contributed by atoms with Crippen molar-refractivity contribution < 1.29 is 13.9 Å². The van der Waals surface area contributed by atoms with Crippen molar-refractivity contribution in [2.75, 3.05) is 11.9 Å². The van der Waals surface area contributed by atoms with E-state index in [2.05, 4.69) is 5.32 Å². The fourth-order valence-electron chi connectivity index (χ4n) is 3.59. The molecule has 0 atom stereocenters. The molecule has 5 nitrogen and oxygen atoms in total. The van der Waals surface area contributed by atoms with Crippen molar-refractivity contribution in [3.8, 4) is 17.1 Å². The Hall–Kier alpha value is -3.86. The third kappa shape index (κ3) is 4.42. The molecule has 0 spiro atoms. The van der Waals surface area contributed by atoms with Gasteiger partial charge < -0.3 is 14.5 Å². The zero-order valence-electron chi connectivity index (χ0n) is 18.6. The summed E-state index contributed by atoms with van der Waals surface area (Å²) in [5.41, 5.74) is 5.74. The summed E-state index contributed by atoms with van der Waals surface area (Å²) in [6.45, 7) is 7.54. The van der Waals surface area contributed by atoms with Crippen molar-refractivity contribution >= 4 is 22.6 Å². The molecule has 1 aromatic heterocycles. The van der Waals surface area contributed by atoms with E-state index in [4.69, 9.17) is 9.15 Å². The first-order valence-corrected chi connectivity index (χ1v) is 10.5. The van der Waals surface area contributed by atoms with Gasteiger partial charge in [-0.1, -0.05) is 53.6 Å². The number of carbonyl (C=O) groups excluding carboxylic acids is 1. The molecule has 4 aromatic rings. The predicted octanol–water partition coefficient (Wildman–Crippen LogP) is 5.71. The SMILES string of the molecule is Cc1ccc(-c2oc3cc(C)ccc3c(=O)c2OCC(=O)Nc2ccc(C)cc2C)cc1. The maximum absolute atomic E-state index is 13.2. The zero-order chi connectivity index (χ0) is 22.8. The zero-order valence-corrected chi connectivity index (χ0v) is 18.6. The molecule has 32 heavy (non-hydrogen) atoms. The van der Waals surface area contributed by atoms with E-state index in [0.717, 1.165) is 22.3 Å². The van der Waals surface area contributed by atoms with Crippen LogP contribution in [0.4, 0.5) is 5.69 Å². The Balaban J connectivity index is 1.68. The Morgan fingerprint density at radius 3 is 2.25 bits per heavy atom. The quantitative estimate of drug-likeness (QED) is 0.443. The van der Waals surface area contributed by atoms with Crippen LogP contribution in [0.5, 0.6) is 5.75 Å². The number of nitrogens with one attached hydrogen (secondary N) is 1. The van der Waals surface area contributed by atoms with Gasteiger partial charge >= 0.3 is 0 Å². The molecule has 0 fully saturated rings. The van der Waals surface area contributed by atoms with Gasteiger partial charge in [0.1, 0.15) is 5.58 Å². The summed E-state index contributed by atoms with van der Waals surface area (Å²) < 4.78 is 11.9. The minimum atomic E-state index is -0.352. The molecule has 0 aliphatic carbocycles. The van der Waals surface area contributed by atoms with Crippen LogP contribution in [0.1, 0.15) is 22.3 Å². The van der Waals surface area contributed by atoms with Crippen LogP contribution in [0.3, 0.4) is 0 Å². The van der Waals surface area contributed by atoms with Gasteiger partial charge in [0.2, 0.25) is 11.2 Å². The predicted molar refractivity (Wildman–Crippen MR) is 127 cm³/mol. The average molecular weight is 428 g/mol. The molecule has 0 saturated heterocycles. The first-order valence-electron chi connectivity index (χ1n) is 10.5. The molecule has 1 heterocycles. The van der Waals surface area contributed by atoms with E-state index in [9.17, 15) is 9.59 Å². The molecule has 5 heteroatoms. The van der Waals surface area contributed by atoms with Gasteiger partial charge in [-0.25, -0.2) is 0 Å². The second-order valence-corrected chi connectivity index (χ2v) is 8.11. The maximum atomic E-state index is 13.2. The number of fused-ring (bicyclic) bond motifs is 1. The van der Waals surface area contributed by atoms with Crippen LogP contribution in [-0.2, 0) is 4.79 Å². The van der Waals surface area contributed by atoms with Crippen molar-refractivity contribution in [3.05, 3.63) is 93.1 Å². The molecule has 0 saturated carbocycles. The Morgan fingerprint density at radius 1 is 0.875 bits per heavy atom. The van der Waals surface area contributed by atoms with E-state index in [1.807, 2.05) is 82.3 Å². The topological polar surface area (TPSA) is 68.5 Å². The standard InChI is InChI=1S/C27H25NO4/c1-16-5-9-20(10-6-16)26-27(25(30)21-11-7-18(3)14-23(21)32-26)31-15-24(29)28-22-12-8-17(2)13-19(22)4/h5-14H,15H2,1-4H3,(H,28,29). The number of hydrogen-bond donors (Lipinski definition) is 1. The van der Waals surface area contributed by atoms with E-state index >= 15 is 0 Å². The van der Waals surface area contributed by atoms with Gasteiger partial charge in [-0.05, 0) is 57.0 Å². The van der Waals surface area contributed by atoms with Gasteiger partial charge in [-0.3, -0.25) is 9.59 Å². The number of anilines is 1. The minimum absolute atomic E-state index is 0.0287. The monoisotopic (exact) mass is 427 g/mol. The highest BCUT2D eigenvalue weighted by atomic mass is 16.5.